The standard InChI is InChI=1S/C15H28N2O/c1-5-8-15(3,4)12-17-9-6-7-14(11-17)10-16-13(2)18/h5,14H,1,6-12H2,2-4H3,(H,16,18)/t14-/m0/s1. The van der Waals surface area contributed by atoms with Gasteiger partial charge in [-0.3, -0.25) is 4.79 Å². The van der Waals surface area contributed by atoms with E-state index in [-0.39, 0.29) is 5.91 Å². The van der Waals surface area contributed by atoms with Crippen LogP contribution in [-0.2, 0) is 4.79 Å². The Labute approximate surface area is 112 Å². The van der Waals surface area contributed by atoms with Gasteiger partial charge >= 0.3 is 0 Å². The van der Waals surface area contributed by atoms with Gasteiger partial charge in [0.2, 0.25) is 5.91 Å². The number of nitrogens with one attached hydrogen (secondary N) is 1. The van der Waals surface area contributed by atoms with E-state index < -0.39 is 0 Å². The average Bonchev–Trinajstić information content (AvgIpc) is 2.26. The third kappa shape index (κ3) is 5.67. The van der Waals surface area contributed by atoms with Crippen molar-refractivity contribution in [3.63, 3.8) is 0 Å². The van der Waals surface area contributed by atoms with E-state index in [1.165, 1.54) is 19.4 Å². The van der Waals surface area contributed by atoms with Crippen LogP contribution in [-0.4, -0.2) is 37.0 Å². The monoisotopic (exact) mass is 252 g/mol. The van der Waals surface area contributed by atoms with E-state index in [0.717, 1.165) is 26.1 Å². The number of amides is 1. The molecule has 1 amide bonds. The van der Waals surface area contributed by atoms with Crippen LogP contribution in [0.15, 0.2) is 12.7 Å². The smallest absolute Gasteiger partial charge is 0.216 e. The van der Waals surface area contributed by atoms with E-state index in [0.29, 0.717) is 11.3 Å². The molecule has 0 unspecified atom stereocenters. The lowest BCUT2D eigenvalue weighted by Crippen LogP contribution is -2.44. The summed E-state index contributed by atoms with van der Waals surface area (Å²) in [5, 5.41) is 2.94. The van der Waals surface area contributed by atoms with E-state index in [4.69, 9.17) is 0 Å². The first-order chi connectivity index (χ1) is 8.43. The van der Waals surface area contributed by atoms with Crippen molar-refractivity contribution in [1.82, 2.24) is 10.2 Å². The number of piperidine rings is 1. The van der Waals surface area contributed by atoms with Crippen molar-refractivity contribution >= 4 is 5.91 Å². The Morgan fingerprint density at radius 3 is 2.89 bits per heavy atom. The largest absolute Gasteiger partial charge is 0.356 e. The number of allylic oxidation sites excluding steroid dienone is 1. The highest BCUT2D eigenvalue weighted by Crippen LogP contribution is 2.25. The minimum absolute atomic E-state index is 0.0825. The molecule has 1 fully saturated rings. The van der Waals surface area contributed by atoms with Crippen LogP contribution in [0.1, 0.15) is 40.0 Å². The maximum absolute atomic E-state index is 10.9. The molecule has 0 saturated carbocycles. The van der Waals surface area contributed by atoms with Crippen LogP contribution in [0.25, 0.3) is 0 Å². The Morgan fingerprint density at radius 2 is 2.28 bits per heavy atom. The average molecular weight is 252 g/mol. The second-order valence-electron chi connectivity index (χ2n) is 6.34. The molecule has 0 aliphatic carbocycles. The Hall–Kier alpha value is -0.830. The molecule has 1 saturated heterocycles. The van der Waals surface area contributed by atoms with Crippen LogP contribution in [0.2, 0.25) is 0 Å². The highest BCUT2D eigenvalue weighted by Gasteiger charge is 2.25. The maximum atomic E-state index is 10.9. The van der Waals surface area contributed by atoms with Crippen molar-refractivity contribution in [3.8, 4) is 0 Å². The van der Waals surface area contributed by atoms with Gasteiger partial charge in [-0.25, -0.2) is 0 Å². The molecule has 0 radical (unpaired) electrons. The van der Waals surface area contributed by atoms with Crippen LogP contribution >= 0.6 is 0 Å². The van der Waals surface area contributed by atoms with Crippen LogP contribution in [0.5, 0.6) is 0 Å². The number of hydrogen-bond donors (Lipinski definition) is 1. The van der Waals surface area contributed by atoms with Crippen molar-refractivity contribution in [2.75, 3.05) is 26.2 Å². The second kappa shape index (κ2) is 6.93. The van der Waals surface area contributed by atoms with Crippen molar-refractivity contribution in [2.24, 2.45) is 11.3 Å². The molecule has 1 aliphatic rings. The molecule has 1 rings (SSSR count). The fourth-order valence-electron chi connectivity index (χ4n) is 2.81. The molecule has 104 valence electrons. The third-order valence-corrected chi connectivity index (χ3v) is 3.59. The van der Waals surface area contributed by atoms with Crippen LogP contribution in [0, 0.1) is 11.3 Å². The molecule has 1 N–H and O–H groups in total. The van der Waals surface area contributed by atoms with E-state index in [2.05, 4.69) is 30.6 Å². The molecule has 1 aliphatic heterocycles. The van der Waals surface area contributed by atoms with Crippen molar-refractivity contribution < 1.29 is 4.79 Å². The SMILES string of the molecule is C=CCC(C)(C)CN1CCC[C@@H](CNC(C)=O)C1. The Kier molecular flexibility index (Phi) is 5.86. The maximum Gasteiger partial charge on any atom is 0.216 e. The zero-order valence-corrected chi connectivity index (χ0v) is 12.2. The Balaban J connectivity index is 2.38. The van der Waals surface area contributed by atoms with Gasteiger partial charge in [-0.05, 0) is 37.1 Å². The van der Waals surface area contributed by atoms with Gasteiger partial charge in [0.1, 0.15) is 0 Å². The molecular weight excluding hydrogens is 224 g/mol. The molecule has 0 aromatic heterocycles. The topological polar surface area (TPSA) is 32.3 Å². The first-order valence-electron chi connectivity index (χ1n) is 7.00. The summed E-state index contributed by atoms with van der Waals surface area (Å²) in [6.45, 7) is 14.3. The van der Waals surface area contributed by atoms with E-state index in [1.807, 2.05) is 6.08 Å². The van der Waals surface area contributed by atoms with Gasteiger partial charge in [0.15, 0.2) is 0 Å². The predicted molar refractivity (Wildman–Crippen MR) is 76.4 cm³/mol. The molecule has 1 atom stereocenters. The molecule has 0 aromatic carbocycles. The number of carbonyl (C=O) groups is 1. The number of carbonyl (C=O) groups excluding carboxylic acids is 1. The summed E-state index contributed by atoms with van der Waals surface area (Å²) in [5.74, 6) is 0.696. The lowest BCUT2D eigenvalue weighted by molar-refractivity contribution is -0.119. The molecule has 0 bridgehead atoms. The van der Waals surface area contributed by atoms with Crippen molar-refractivity contribution in [2.45, 2.75) is 40.0 Å². The zero-order chi connectivity index (χ0) is 13.6. The molecule has 3 nitrogen and oxygen atoms in total. The predicted octanol–water partition coefficient (Wildman–Crippen LogP) is 2.44. The van der Waals surface area contributed by atoms with Gasteiger partial charge in [0, 0.05) is 26.6 Å². The summed E-state index contributed by atoms with van der Waals surface area (Å²) in [6, 6.07) is 0. The molecule has 0 spiro atoms. The normalized spacial score (nSPS) is 21.6. The summed E-state index contributed by atoms with van der Waals surface area (Å²) in [4.78, 5) is 13.5. The summed E-state index contributed by atoms with van der Waals surface area (Å²) in [5.41, 5.74) is 0.303. The van der Waals surface area contributed by atoms with Gasteiger partial charge < -0.3 is 10.2 Å². The van der Waals surface area contributed by atoms with E-state index >= 15 is 0 Å². The van der Waals surface area contributed by atoms with Crippen LogP contribution in [0.3, 0.4) is 0 Å². The second-order valence-corrected chi connectivity index (χ2v) is 6.34. The lowest BCUT2D eigenvalue weighted by Gasteiger charge is -2.37. The van der Waals surface area contributed by atoms with E-state index in [1.54, 1.807) is 6.92 Å². The van der Waals surface area contributed by atoms with Crippen LogP contribution < -0.4 is 5.32 Å². The fourth-order valence-corrected chi connectivity index (χ4v) is 2.81. The Bertz CT molecular complexity index is 286. The highest BCUT2D eigenvalue weighted by atomic mass is 16.1. The van der Waals surface area contributed by atoms with Gasteiger partial charge in [-0.1, -0.05) is 19.9 Å². The summed E-state index contributed by atoms with van der Waals surface area (Å²) >= 11 is 0. The lowest BCUT2D eigenvalue weighted by atomic mass is 9.87. The Morgan fingerprint density at radius 1 is 1.56 bits per heavy atom. The van der Waals surface area contributed by atoms with Gasteiger partial charge in [-0.15, -0.1) is 6.58 Å². The number of nitrogens with zero attached hydrogens (tertiary/aromatic N) is 1. The van der Waals surface area contributed by atoms with Crippen molar-refractivity contribution in [3.05, 3.63) is 12.7 Å². The van der Waals surface area contributed by atoms with Crippen molar-refractivity contribution in [1.29, 1.82) is 0 Å². The zero-order valence-electron chi connectivity index (χ0n) is 12.2. The quantitative estimate of drug-likeness (QED) is 0.736. The molecule has 0 aromatic rings. The summed E-state index contributed by atoms with van der Waals surface area (Å²) in [6.07, 6.45) is 5.55. The number of rotatable bonds is 6. The molecule has 3 heteroatoms. The fraction of sp³-hybridized carbons (Fsp3) is 0.800. The number of hydrogen-bond acceptors (Lipinski definition) is 2. The third-order valence-electron chi connectivity index (χ3n) is 3.59. The summed E-state index contributed by atoms with van der Waals surface area (Å²) in [7, 11) is 0. The first-order valence-corrected chi connectivity index (χ1v) is 7.00. The first kappa shape index (κ1) is 15.2. The minimum Gasteiger partial charge on any atom is -0.356 e. The molecule has 18 heavy (non-hydrogen) atoms. The molecular formula is C15H28N2O. The number of likely N-dealkylation sites (tertiary alicyclic amines) is 1. The van der Waals surface area contributed by atoms with Gasteiger partial charge in [0.25, 0.3) is 0 Å². The highest BCUT2D eigenvalue weighted by molar-refractivity contribution is 5.72. The minimum atomic E-state index is 0.0825. The molecule has 1 heterocycles. The van der Waals surface area contributed by atoms with Crippen LogP contribution in [0.4, 0.5) is 0 Å². The van der Waals surface area contributed by atoms with E-state index in [9.17, 15) is 4.79 Å². The van der Waals surface area contributed by atoms with Gasteiger partial charge in [0.05, 0.1) is 0 Å². The summed E-state index contributed by atoms with van der Waals surface area (Å²) < 4.78 is 0. The van der Waals surface area contributed by atoms with Gasteiger partial charge in [-0.2, -0.15) is 0 Å².